The van der Waals surface area contributed by atoms with E-state index < -0.39 is 6.09 Å². The van der Waals surface area contributed by atoms with Crippen LogP contribution in [0.2, 0.25) is 0 Å². The van der Waals surface area contributed by atoms with E-state index in [0.29, 0.717) is 72.4 Å². The van der Waals surface area contributed by atoms with Crippen LogP contribution in [0.5, 0.6) is 0 Å². The molecule has 8 nitrogen and oxygen atoms in total. The number of alkyl carbamates (subject to hydrolysis) is 1. The maximum Gasteiger partial charge on any atom is 0.407 e. The van der Waals surface area contributed by atoms with Gasteiger partial charge >= 0.3 is 6.09 Å². The molecule has 2 aromatic carbocycles. The number of ether oxygens (including phenoxy) is 5. The zero-order valence-corrected chi connectivity index (χ0v) is 20.3. The van der Waals surface area contributed by atoms with Gasteiger partial charge in [-0.1, -0.05) is 48.5 Å². The summed E-state index contributed by atoms with van der Waals surface area (Å²) in [5.41, 5.74) is 4.78. The third-order valence-electron chi connectivity index (χ3n) is 5.57. The van der Waals surface area contributed by atoms with Gasteiger partial charge in [-0.05, 0) is 29.2 Å². The van der Waals surface area contributed by atoms with E-state index in [1.807, 2.05) is 24.3 Å². The first-order chi connectivity index (χ1) is 17.2. The summed E-state index contributed by atoms with van der Waals surface area (Å²) in [5.74, 6) is 0.166. The van der Waals surface area contributed by atoms with Crippen molar-refractivity contribution >= 4 is 11.9 Å². The molecule has 1 amide bonds. The van der Waals surface area contributed by atoms with E-state index in [9.17, 15) is 9.59 Å². The number of carbonyl (C=O) groups is 2. The predicted octanol–water partition coefficient (Wildman–Crippen LogP) is 3.57. The van der Waals surface area contributed by atoms with Gasteiger partial charge in [-0.3, -0.25) is 4.79 Å². The Morgan fingerprint density at radius 2 is 1.20 bits per heavy atom. The van der Waals surface area contributed by atoms with Gasteiger partial charge < -0.3 is 29.0 Å². The van der Waals surface area contributed by atoms with Gasteiger partial charge in [0.25, 0.3) is 0 Å². The fourth-order valence-corrected chi connectivity index (χ4v) is 3.85. The number of hydrogen-bond acceptors (Lipinski definition) is 7. The number of fused-ring (bicyclic) bond motifs is 3. The van der Waals surface area contributed by atoms with Crippen LogP contribution in [0.1, 0.15) is 30.4 Å². The molecule has 0 aliphatic heterocycles. The molecule has 0 bridgehead atoms. The molecule has 1 N–H and O–H groups in total. The highest BCUT2D eigenvalue weighted by molar-refractivity contribution is 5.79. The molecule has 2 aromatic rings. The summed E-state index contributed by atoms with van der Waals surface area (Å²) in [5, 5.41) is 2.72. The highest BCUT2D eigenvalue weighted by Gasteiger charge is 2.28. The fraction of sp³-hybridized carbons (Fsp3) is 0.481. The number of nitrogens with one attached hydrogen (secondary N) is 1. The third kappa shape index (κ3) is 9.07. The Hall–Kier alpha value is -2.78. The van der Waals surface area contributed by atoms with Gasteiger partial charge in [-0.15, -0.1) is 0 Å². The number of ketones is 1. The van der Waals surface area contributed by atoms with Crippen LogP contribution in [0.4, 0.5) is 4.79 Å². The van der Waals surface area contributed by atoms with Crippen molar-refractivity contribution in [3.63, 3.8) is 0 Å². The minimum Gasteiger partial charge on any atom is -0.449 e. The standard InChI is InChI=1S/C27H35NO7/c1-21(29)10-12-31-14-16-33-18-19-34-17-15-32-13-11-28-27(30)35-20-26-24-8-4-2-6-22(24)23-7-3-5-9-25(23)26/h2-9,26H,10-20H2,1H3,(H,28,30). The first-order valence-electron chi connectivity index (χ1n) is 12.1. The molecule has 3 rings (SSSR count). The lowest BCUT2D eigenvalue weighted by Gasteiger charge is -2.14. The Morgan fingerprint density at radius 3 is 1.74 bits per heavy atom. The van der Waals surface area contributed by atoms with Gasteiger partial charge in [0, 0.05) is 18.9 Å². The van der Waals surface area contributed by atoms with Crippen LogP contribution in [-0.4, -0.2) is 77.9 Å². The quantitative estimate of drug-likeness (QED) is 0.343. The summed E-state index contributed by atoms with van der Waals surface area (Å²) in [7, 11) is 0. The van der Waals surface area contributed by atoms with Crippen molar-refractivity contribution in [3.8, 4) is 11.1 Å². The molecule has 0 fully saturated rings. The van der Waals surface area contributed by atoms with E-state index in [4.69, 9.17) is 23.7 Å². The monoisotopic (exact) mass is 485 g/mol. The lowest BCUT2D eigenvalue weighted by Crippen LogP contribution is -2.29. The lowest BCUT2D eigenvalue weighted by atomic mass is 9.98. The highest BCUT2D eigenvalue weighted by atomic mass is 16.6. The molecule has 190 valence electrons. The summed E-state index contributed by atoms with van der Waals surface area (Å²) in [4.78, 5) is 22.9. The van der Waals surface area contributed by atoms with Crippen LogP contribution in [-0.2, 0) is 28.5 Å². The van der Waals surface area contributed by atoms with Gasteiger partial charge in [-0.2, -0.15) is 0 Å². The molecular weight excluding hydrogens is 450 g/mol. The molecule has 0 radical (unpaired) electrons. The molecule has 0 saturated heterocycles. The van der Waals surface area contributed by atoms with Gasteiger partial charge in [-0.25, -0.2) is 4.79 Å². The number of Topliss-reactive ketones (excluding diaryl/α,β-unsaturated/α-hetero) is 1. The van der Waals surface area contributed by atoms with E-state index in [0.717, 1.165) is 0 Å². The van der Waals surface area contributed by atoms with Crippen LogP contribution in [0, 0.1) is 0 Å². The highest BCUT2D eigenvalue weighted by Crippen LogP contribution is 2.44. The molecule has 1 aliphatic carbocycles. The number of benzene rings is 2. The average Bonchev–Trinajstić information content (AvgIpc) is 3.18. The van der Waals surface area contributed by atoms with Crippen molar-refractivity contribution in [2.75, 3.05) is 66.0 Å². The van der Waals surface area contributed by atoms with Crippen LogP contribution in [0.15, 0.2) is 48.5 Å². The zero-order chi connectivity index (χ0) is 24.7. The molecule has 8 heteroatoms. The normalized spacial score (nSPS) is 12.3. The molecular formula is C27H35NO7. The van der Waals surface area contributed by atoms with Crippen molar-refractivity contribution in [2.45, 2.75) is 19.3 Å². The number of amides is 1. The molecule has 1 aliphatic rings. The van der Waals surface area contributed by atoms with Crippen LogP contribution in [0.25, 0.3) is 11.1 Å². The van der Waals surface area contributed by atoms with Crippen molar-refractivity contribution in [1.29, 1.82) is 0 Å². The second-order valence-electron chi connectivity index (χ2n) is 8.15. The Bertz CT molecular complexity index is 888. The molecule has 0 aromatic heterocycles. The molecule has 0 heterocycles. The van der Waals surface area contributed by atoms with Gasteiger partial charge in [0.15, 0.2) is 0 Å². The minimum atomic E-state index is -0.450. The fourth-order valence-electron chi connectivity index (χ4n) is 3.85. The first kappa shape index (κ1) is 26.8. The van der Waals surface area contributed by atoms with E-state index in [1.54, 1.807) is 6.92 Å². The first-order valence-corrected chi connectivity index (χ1v) is 12.1. The Labute approximate surface area is 206 Å². The van der Waals surface area contributed by atoms with E-state index in [-0.39, 0.29) is 11.7 Å². The van der Waals surface area contributed by atoms with Crippen molar-refractivity contribution in [2.24, 2.45) is 0 Å². The van der Waals surface area contributed by atoms with Gasteiger partial charge in [0.1, 0.15) is 12.4 Å². The number of carbonyl (C=O) groups excluding carboxylic acids is 2. The minimum absolute atomic E-state index is 0.0461. The lowest BCUT2D eigenvalue weighted by molar-refractivity contribution is -0.118. The second kappa shape index (κ2) is 15.3. The van der Waals surface area contributed by atoms with E-state index in [1.165, 1.54) is 22.3 Å². The molecule has 0 spiro atoms. The van der Waals surface area contributed by atoms with Gasteiger partial charge in [0.05, 0.1) is 52.9 Å². The van der Waals surface area contributed by atoms with Crippen molar-refractivity contribution in [1.82, 2.24) is 5.32 Å². The zero-order valence-electron chi connectivity index (χ0n) is 20.3. The molecule has 0 saturated carbocycles. The van der Waals surface area contributed by atoms with Crippen molar-refractivity contribution in [3.05, 3.63) is 59.7 Å². The maximum atomic E-state index is 12.1. The number of rotatable bonds is 17. The van der Waals surface area contributed by atoms with E-state index in [2.05, 4.69) is 29.6 Å². The van der Waals surface area contributed by atoms with Crippen LogP contribution in [0.3, 0.4) is 0 Å². The van der Waals surface area contributed by atoms with Crippen LogP contribution >= 0.6 is 0 Å². The molecule has 0 atom stereocenters. The smallest absolute Gasteiger partial charge is 0.407 e. The summed E-state index contributed by atoms with van der Waals surface area (Å²) in [6.07, 6.45) is -0.0150. The summed E-state index contributed by atoms with van der Waals surface area (Å²) >= 11 is 0. The van der Waals surface area contributed by atoms with E-state index >= 15 is 0 Å². The third-order valence-corrected chi connectivity index (χ3v) is 5.57. The Balaban J connectivity index is 1.17. The summed E-state index contributed by atoms with van der Waals surface area (Å²) in [6, 6.07) is 16.5. The van der Waals surface area contributed by atoms with Crippen LogP contribution < -0.4 is 5.32 Å². The average molecular weight is 486 g/mol. The van der Waals surface area contributed by atoms with Crippen molar-refractivity contribution < 1.29 is 33.3 Å². The molecule has 35 heavy (non-hydrogen) atoms. The van der Waals surface area contributed by atoms with Gasteiger partial charge in [0.2, 0.25) is 0 Å². The second-order valence-corrected chi connectivity index (χ2v) is 8.15. The SMILES string of the molecule is CC(=O)CCOCCOCCOCCOCCNC(=O)OCC1c2ccccc2-c2ccccc21. The Kier molecular flexibility index (Phi) is 11.7. The number of hydrogen-bond donors (Lipinski definition) is 1. The topological polar surface area (TPSA) is 92.3 Å². The maximum absolute atomic E-state index is 12.1. The molecule has 0 unspecified atom stereocenters. The summed E-state index contributed by atoms with van der Waals surface area (Å²) in [6.45, 7) is 5.77. The Morgan fingerprint density at radius 1 is 0.714 bits per heavy atom. The predicted molar refractivity (Wildman–Crippen MR) is 132 cm³/mol. The summed E-state index contributed by atoms with van der Waals surface area (Å²) < 4.78 is 27.0. The largest absolute Gasteiger partial charge is 0.449 e.